The van der Waals surface area contributed by atoms with Crippen molar-refractivity contribution in [3.05, 3.63) is 54.1 Å². The number of rotatable bonds is 5. The Morgan fingerprint density at radius 3 is 2.62 bits per heavy atom. The molecule has 12 heteroatoms. The molecule has 0 aromatic carbocycles. The molecule has 0 radical (unpaired) electrons. The quantitative estimate of drug-likeness (QED) is 0.352. The number of carbonyl (C=O) groups is 1. The first kappa shape index (κ1) is 27.1. The predicted molar refractivity (Wildman–Crippen MR) is 149 cm³/mol. The molecule has 208 valence electrons. The number of nitrogens with zero attached hydrogens (tertiary/aromatic N) is 9. The summed E-state index contributed by atoms with van der Waals surface area (Å²) in [6, 6.07) is 7.78. The van der Waals surface area contributed by atoms with E-state index in [0.29, 0.717) is 50.2 Å². The molecule has 0 N–H and O–H groups in total. The second kappa shape index (κ2) is 10.9. The van der Waals surface area contributed by atoms with E-state index in [2.05, 4.69) is 27.9 Å². The number of hydrogen-bond acceptors (Lipinski definition) is 7. The van der Waals surface area contributed by atoms with Crippen LogP contribution in [0.1, 0.15) is 30.9 Å². The Bertz CT molecular complexity index is 1480. The number of piperazine rings is 1. The molecule has 2 aliphatic rings. The van der Waals surface area contributed by atoms with Gasteiger partial charge in [-0.1, -0.05) is 0 Å². The lowest BCUT2D eigenvalue weighted by Gasteiger charge is -2.40. The van der Waals surface area contributed by atoms with E-state index in [1.807, 2.05) is 37.5 Å². The van der Waals surface area contributed by atoms with Crippen molar-refractivity contribution >= 4 is 29.7 Å². The van der Waals surface area contributed by atoms with E-state index in [1.54, 1.807) is 33.9 Å². The molecule has 3 aromatic heterocycles. The second-order valence-corrected chi connectivity index (χ2v) is 10.2. The van der Waals surface area contributed by atoms with Crippen LogP contribution in [0.15, 0.2) is 48.1 Å². The Morgan fingerprint density at radius 1 is 1.20 bits per heavy atom. The zero-order valence-electron chi connectivity index (χ0n) is 22.6. The Kier molecular flexibility index (Phi) is 7.38. The SMILES string of the molecule is C=NN(C)/C=C(\C)c1cc(-c2ccc(N3CCN(C(=O)N4CCCC(F)(F)C4)CC3)nc2)c2c(C#N)cnn2c1. The van der Waals surface area contributed by atoms with Crippen LogP contribution in [0, 0.1) is 11.3 Å². The van der Waals surface area contributed by atoms with Gasteiger partial charge in [0, 0.05) is 82.6 Å². The lowest BCUT2D eigenvalue weighted by atomic mass is 10.0. The van der Waals surface area contributed by atoms with Crippen molar-refractivity contribution in [3.8, 4) is 17.2 Å². The number of hydrogen-bond donors (Lipinski definition) is 0. The summed E-state index contributed by atoms with van der Waals surface area (Å²) in [5, 5.41) is 19.6. The largest absolute Gasteiger partial charge is 0.353 e. The molecule has 2 fully saturated rings. The minimum atomic E-state index is -2.81. The number of allylic oxidation sites excluding steroid dienone is 1. The van der Waals surface area contributed by atoms with E-state index >= 15 is 0 Å². The lowest BCUT2D eigenvalue weighted by Crippen LogP contribution is -2.56. The highest BCUT2D eigenvalue weighted by molar-refractivity contribution is 5.86. The number of pyridine rings is 2. The third kappa shape index (κ3) is 5.45. The molecule has 10 nitrogen and oxygen atoms in total. The van der Waals surface area contributed by atoms with Gasteiger partial charge in [-0.25, -0.2) is 23.1 Å². The van der Waals surface area contributed by atoms with Crippen molar-refractivity contribution in [2.75, 3.05) is 51.2 Å². The Balaban J connectivity index is 1.34. The molecular formula is C28H31F2N9O. The van der Waals surface area contributed by atoms with Crippen LogP contribution in [0.2, 0.25) is 0 Å². The van der Waals surface area contributed by atoms with Crippen molar-refractivity contribution in [3.63, 3.8) is 0 Å². The summed E-state index contributed by atoms with van der Waals surface area (Å²) in [6.45, 7) is 7.35. The lowest BCUT2D eigenvalue weighted by molar-refractivity contribution is -0.0556. The topological polar surface area (TPSA) is 96.4 Å². The number of alkyl halides is 2. The van der Waals surface area contributed by atoms with Crippen LogP contribution in [-0.4, -0.2) is 94.4 Å². The maximum atomic E-state index is 13.8. The average Bonchev–Trinajstić information content (AvgIpc) is 3.39. The summed E-state index contributed by atoms with van der Waals surface area (Å²) in [4.78, 5) is 22.5. The van der Waals surface area contributed by atoms with Gasteiger partial charge >= 0.3 is 6.03 Å². The molecule has 0 saturated carbocycles. The van der Waals surface area contributed by atoms with Crippen LogP contribution in [-0.2, 0) is 0 Å². The Hall–Kier alpha value is -4.53. The molecule has 40 heavy (non-hydrogen) atoms. The fourth-order valence-corrected chi connectivity index (χ4v) is 5.22. The first-order valence-electron chi connectivity index (χ1n) is 13.1. The maximum absolute atomic E-state index is 13.8. The third-order valence-electron chi connectivity index (χ3n) is 7.39. The number of anilines is 1. The van der Waals surface area contributed by atoms with E-state index in [0.717, 1.165) is 28.1 Å². The number of nitriles is 1. The summed E-state index contributed by atoms with van der Waals surface area (Å²) in [5.74, 6) is -2.05. The maximum Gasteiger partial charge on any atom is 0.320 e. The van der Waals surface area contributed by atoms with E-state index in [4.69, 9.17) is 4.98 Å². The summed E-state index contributed by atoms with van der Waals surface area (Å²) in [6.07, 6.45) is 7.20. The van der Waals surface area contributed by atoms with Gasteiger partial charge in [0.1, 0.15) is 11.9 Å². The number of halogens is 2. The van der Waals surface area contributed by atoms with Gasteiger partial charge in [-0.15, -0.1) is 0 Å². The fraction of sp³-hybridized carbons (Fsp3) is 0.393. The van der Waals surface area contributed by atoms with Gasteiger partial charge in [-0.2, -0.15) is 15.5 Å². The molecule has 0 atom stereocenters. The van der Waals surface area contributed by atoms with Crippen molar-refractivity contribution in [2.24, 2.45) is 5.10 Å². The summed E-state index contributed by atoms with van der Waals surface area (Å²) >= 11 is 0. The van der Waals surface area contributed by atoms with Gasteiger partial charge in [-0.05, 0) is 42.7 Å². The van der Waals surface area contributed by atoms with Crippen molar-refractivity contribution in [1.29, 1.82) is 5.26 Å². The molecule has 5 heterocycles. The van der Waals surface area contributed by atoms with Gasteiger partial charge in [0.05, 0.1) is 23.8 Å². The van der Waals surface area contributed by atoms with E-state index in [9.17, 15) is 18.8 Å². The molecule has 5 rings (SSSR count). The molecule has 0 unspecified atom stereocenters. The molecule has 0 spiro atoms. The van der Waals surface area contributed by atoms with Crippen molar-refractivity contribution in [1.82, 2.24) is 29.4 Å². The number of aromatic nitrogens is 3. The number of piperidine rings is 1. The van der Waals surface area contributed by atoms with Gasteiger partial charge < -0.3 is 14.7 Å². The monoisotopic (exact) mass is 547 g/mol. The number of amides is 2. The number of hydrazone groups is 1. The summed E-state index contributed by atoms with van der Waals surface area (Å²) < 4.78 is 29.3. The van der Waals surface area contributed by atoms with Crippen LogP contribution >= 0.6 is 0 Å². The highest BCUT2D eigenvalue weighted by Crippen LogP contribution is 2.31. The van der Waals surface area contributed by atoms with Crippen LogP contribution < -0.4 is 4.90 Å². The molecule has 2 aliphatic heterocycles. The molecule has 2 saturated heterocycles. The molecule has 0 bridgehead atoms. The number of carbonyl (C=O) groups excluding carboxylic acids is 1. The number of urea groups is 1. The van der Waals surface area contributed by atoms with Crippen LogP contribution in [0.4, 0.5) is 19.4 Å². The summed E-state index contributed by atoms with van der Waals surface area (Å²) in [7, 11) is 1.79. The van der Waals surface area contributed by atoms with Crippen LogP contribution in [0.25, 0.3) is 22.2 Å². The average molecular weight is 548 g/mol. The van der Waals surface area contributed by atoms with Crippen LogP contribution in [0.3, 0.4) is 0 Å². The molecular weight excluding hydrogens is 516 g/mol. The van der Waals surface area contributed by atoms with E-state index in [-0.39, 0.29) is 12.5 Å². The molecule has 2 amide bonds. The van der Waals surface area contributed by atoms with E-state index < -0.39 is 12.5 Å². The van der Waals surface area contributed by atoms with Crippen molar-refractivity contribution < 1.29 is 13.6 Å². The van der Waals surface area contributed by atoms with Gasteiger partial charge in [0.2, 0.25) is 0 Å². The number of fused-ring (bicyclic) bond motifs is 1. The molecule has 3 aromatic rings. The highest BCUT2D eigenvalue weighted by Gasteiger charge is 2.38. The van der Waals surface area contributed by atoms with Gasteiger partial charge in [0.15, 0.2) is 0 Å². The highest BCUT2D eigenvalue weighted by atomic mass is 19.3. The number of likely N-dealkylation sites (tertiary alicyclic amines) is 1. The van der Waals surface area contributed by atoms with Crippen LogP contribution in [0.5, 0.6) is 0 Å². The van der Waals surface area contributed by atoms with Gasteiger partial charge in [-0.3, -0.25) is 5.01 Å². The minimum absolute atomic E-state index is 0.165. The molecule has 0 aliphatic carbocycles. The Labute approximate surface area is 231 Å². The Morgan fingerprint density at radius 2 is 1.98 bits per heavy atom. The summed E-state index contributed by atoms with van der Waals surface area (Å²) in [5.41, 5.74) is 4.65. The fourth-order valence-electron chi connectivity index (χ4n) is 5.22. The first-order chi connectivity index (χ1) is 19.2. The first-order valence-corrected chi connectivity index (χ1v) is 13.1. The zero-order valence-corrected chi connectivity index (χ0v) is 22.6. The zero-order chi connectivity index (χ0) is 28.4. The minimum Gasteiger partial charge on any atom is -0.353 e. The normalized spacial score (nSPS) is 17.6. The smallest absolute Gasteiger partial charge is 0.320 e. The predicted octanol–water partition coefficient (Wildman–Crippen LogP) is 4.15. The standard InChI is InChI=1S/C28H31F2N9O/c1-20(17-35(3)32-2)22-13-24(26-23(14-31)16-34-39(26)18-22)21-5-6-25(33-15-21)36-9-11-37(12-10-36)27(40)38-8-4-7-28(29,30)19-38/h5-6,13,15-18H,2,4,7-12,19H2,1,3H3/b20-17+. The third-order valence-corrected chi connectivity index (χ3v) is 7.39. The van der Waals surface area contributed by atoms with Gasteiger partial charge in [0.25, 0.3) is 5.92 Å². The van der Waals surface area contributed by atoms with Crippen molar-refractivity contribution in [2.45, 2.75) is 25.7 Å². The van der Waals surface area contributed by atoms with E-state index in [1.165, 1.54) is 4.90 Å². The second-order valence-electron chi connectivity index (χ2n) is 10.2.